The van der Waals surface area contributed by atoms with Gasteiger partial charge in [-0.25, -0.2) is 0 Å². The molecule has 0 aromatic carbocycles. The lowest BCUT2D eigenvalue weighted by Gasteiger charge is -2.02. The second-order valence-corrected chi connectivity index (χ2v) is 3.70. The summed E-state index contributed by atoms with van der Waals surface area (Å²) in [6, 6.07) is 0. The van der Waals surface area contributed by atoms with Crippen LogP contribution in [0.3, 0.4) is 0 Å². The van der Waals surface area contributed by atoms with Crippen LogP contribution in [0.2, 0.25) is 0 Å². The molecular formula is C8H12IN. The summed E-state index contributed by atoms with van der Waals surface area (Å²) in [7, 11) is 0. The molecule has 0 bridgehead atoms. The van der Waals surface area contributed by atoms with Gasteiger partial charge in [-0.15, -0.1) is 0 Å². The molecule has 1 heterocycles. The van der Waals surface area contributed by atoms with Crippen LogP contribution < -0.4 is 5.32 Å². The summed E-state index contributed by atoms with van der Waals surface area (Å²) in [4.78, 5) is 0. The Labute approximate surface area is 75.7 Å². The first-order valence-corrected chi connectivity index (χ1v) is 4.68. The average Bonchev–Trinajstić information content (AvgIpc) is 2.14. The van der Waals surface area contributed by atoms with Crippen molar-refractivity contribution >= 4 is 22.6 Å². The summed E-state index contributed by atoms with van der Waals surface area (Å²) in [6.07, 6.45) is 6.74. The topological polar surface area (TPSA) is 12.0 Å². The first kappa shape index (κ1) is 8.11. The van der Waals surface area contributed by atoms with Gasteiger partial charge >= 0.3 is 0 Å². The molecule has 1 N–H and O–H groups in total. The first-order chi connectivity index (χ1) is 4.83. The van der Waals surface area contributed by atoms with E-state index < -0.39 is 0 Å². The van der Waals surface area contributed by atoms with E-state index in [1.165, 1.54) is 9.28 Å². The van der Waals surface area contributed by atoms with Gasteiger partial charge in [0.1, 0.15) is 0 Å². The molecule has 0 aromatic rings. The Hall–Kier alpha value is 0.01000. The molecule has 10 heavy (non-hydrogen) atoms. The van der Waals surface area contributed by atoms with Crippen LogP contribution in [-0.4, -0.2) is 6.54 Å². The summed E-state index contributed by atoms with van der Waals surface area (Å²) in [5, 5.41) is 3.34. The van der Waals surface area contributed by atoms with Crippen molar-refractivity contribution in [2.45, 2.75) is 19.8 Å². The van der Waals surface area contributed by atoms with Crippen LogP contribution >= 0.6 is 22.6 Å². The summed E-state index contributed by atoms with van der Waals surface area (Å²) < 4.78 is 1.44. The highest BCUT2D eigenvalue weighted by atomic mass is 127. The second-order valence-electron chi connectivity index (χ2n) is 2.32. The van der Waals surface area contributed by atoms with Crippen molar-refractivity contribution in [2.75, 3.05) is 6.54 Å². The summed E-state index contributed by atoms with van der Waals surface area (Å²) in [5.74, 6) is 0. The average molecular weight is 249 g/mol. The predicted octanol–water partition coefficient (Wildman–Crippen LogP) is 2.59. The van der Waals surface area contributed by atoms with Gasteiger partial charge in [0, 0.05) is 12.2 Å². The molecule has 1 nitrogen and oxygen atoms in total. The summed E-state index contributed by atoms with van der Waals surface area (Å²) >= 11 is 2.38. The molecule has 0 amide bonds. The Morgan fingerprint density at radius 3 is 3.10 bits per heavy atom. The Morgan fingerprint density at radius 2 is 2.40 bits per heavy atom. The van der Waals surface area contributed by atoms with Crippen LogP contribution in [0, 0.1) is 0 Å². The minimum atomic E-state index is 0.998. The van der Waals surface area contributed by atoms with Crippen LogP contribution in [-0.2, 0) is 0 Å². The van der Waals surface area contributed by atoms with Gasteiger partial charge < -0.3 is 5.32 Å². The highest BCUT2D eigenvalue weighted by Gasteiger charge is 1.97. The van der Waals surface area contributed by atoms with Gasteiger partial charge in [-0.3, -0.25) is 0 Å². The van der Waals surface area contributed by atoms with Crippen LogP contribution in [0.1, 0.15) is 19.8 Å². The predicted molar refractivity (Wildman–Crippen MR) is 53.1 cm³/mol. The van der Waals surface area contributed by atoms with Crippen LogP contribution in [0.5, 0.6) is 0 Å². The number of halogens is 1. The lowest BCUT2D eigenvalue weighted by atomic mass is 10.3. The molecule has 0 atom stereocenters. The Morgan fingerprint density at radius 1 is 1.60 bits per heavy atom. The zero-order valence-corrected chi connectivity index (χ0v) is 8.31. The molecule has 2 heteroatoms. The van der Waals surface area contributed by atoms with Gasteiger partial charge in [-0.05, 0) is 39.0 Å². The standard InChI is InChI=1S/C8H12IN/c1-2-8-4-3-7(9)5-6-10-8/h4-5,10H,2-3,6H2,1H3. The molecule has 1 aliphatic heterocycles. The maximum atomic E-state index is 3.34. The van der Waals surface area contributed by atoms with Crippen LogP contribution in [0.25, 0.3) is 0 Å². The fraction of sp³-hybridized carbons (Fsp3) is 0.500. The fourth-order valence-electron chi connectivity index (χ4n) is 0.938. The van der Waals surface area contributed by atoms with Gasteiger partial charge in [0.2, 0.25) is 0 Å². The van der Waals surface area contributed by atoms with Crippen molar-refractivity contribution in [1.82, 2.24) is 5.32 Å². The van der Waals surface area contributed by atoms with Crippen LogP contribution in [0.15, 0.2) is 21.4 Å². The van der Waals surface area contributed by atoms with E-state index in [0.717, 1.165) is 19.4 Å². The molecule has 0 saturated heterocycles. The summed E-state index contributed by atoms with van der Waals surface area (Å²) in [6.45, 7) is 3.18. The number of rotatable bonds is 1. The van der Waals surface area contributed by atoms with Gasteiger partial charge in [-0.2, -0.15) is 0 Å². The third-order valence-electron chi connectivity index (χ3n) is 1.58. The minimum Gasteiger partial charge on any atom is -0.385 e. The smallest absolute Gasteiger partial charge is 0.0337 e. The largest absolute Gasteiger partial charge is 0.385 e. The minimum absolute atomic E-state index is 0.998. The second kappa shape index (κ2) is 4.01. The highest BCUT2D eigenvalue weighted by molar-refractivity contribution is 14.1. The third-order valence-corrected chi connectivity index (χ3v) is 2.46. The summed E-state index contributed by atoms with van der Waals surface area (Å²) in [5.41, 5.74) is 1.38. The first-order valence-electron chi connectivity index (χ1n) is 3.60. The van der Waals surface area contributed by atoms with E-state index >= 15 is 0 Å². The molecule has 0 aromatic heterocycles. The van der Waals surface area contributed by atoms with E-state index in [0.29, 0.717) is 0 Å². The van der Waals surface area contributed by atoms with Gasteiger partial charge in [0.05, 0.1) is 0 Å². The third kappa shape index (κ3) is 2.33. The Bertz CT molecular complexity index is 170. The van der Waals surface area contributed by atoms with E-state index in [-0.39, 0.29) is 0 Å². The fourth-order valence-corrected chi connectivity index (χ4v) is 1.38. The van der Waals surface area contributed by atoms with Crippen molar-refractivity contribution in [3.8, 4) is 0 Å². The number of hydrogen-bond donors (Lipinski definition) is 1. The number of allylic oxidation sites excluding steroid dienone is 3. The zero-order chi connectivity index (χ0) is 7.40. The van der Waals surface area contributed by atoms with Crippen molar-refractivity contribution in [2.24, 2.45) is 0 Å². The zero-order valence-electron chi connectivity index (χ0n) is 6.15. The molecule has 56 valence electrons. The van der Waals surface area contributed by atoms with E-state index in [2.05, 4.69) is 47.0 Å². The molecule has 0 aliphatic carbocycles. The van der Waals surface area contributed by atoms with E-state index in [1.807, 2.05) is 0 Å². The molecule has 0 radical (unpaired) electrons. The van der Waals surface area contributed by atoms with Crippen molar-refractivity contribution in [1.29, 1.82) is 0 Å². The molecule has 1 aliphatic rings. The number of hydrogen-bond acceptors (Lipinski definition) is 1. The molecule has 0 spiro atoms. The van der Waals surface area contributed by atoms with E-state index in [4.69, 9.17) is 0 Å². The molecule has 0 fully saturated rings. The maximum Gasteiger partial charge on any atom is 0.0337 e. The lowest BCUT2D eigenvalue weighted by Crippen LogP contribution is -2.10. The Balaban J connectivity index is 2.54. The molecule has 0 saturated carbocycles. The van der Waals surface area contributed by atoms with Crippen molar-refractivity contribution < 1.29 is 0 Å². The van der Waals surface area contributed by atoms with Gasteiger partial charge in [-0.1, -0.05) is 19.1 Å². The van der Waals surface area contributed by atoms with Crippen molar-refractivity contribution in [3.05, 3.63) is 21.4 Å². The highest BCUT2D eigenvalue weighted by Crippen LogP contribution is 2.15. The molecule has 1 rings (SSSR count). The normalized spacial score (nSPS) is 18.6. The SMILES string of the molecule is CCC1=CCC(I)=CCN1. The van der Waals surface area contributed by atoms with Gasteiger partial charge in [0.25, 0.3) is 0 Å². The monoisotopic (exact) mass is 249 g/mol. The molecule has 0 unspecified atom stereocenters. The maximum absolute atomic E-state index is 3.34. The van der Waals surface area contributed by atoms with E-state index in [1.54, 1.807) is 0 Å². The lowest BCUT2D eigenvalue weighted by molar-refractivity contribution is 0.845. The Kier molecular flexibility index (Phi) is 3.25. The van der Waals surface area contributed by atoms with E-state index in [9.17, 15) is 0 Å². The van der Waals surface area contributed by atoms with Crippen molar-refractivity contribution in [3.63, 3.8) is 0 Å². The van der Waals surface area contributed by atoms with Gasteiger partial charge in [0.15, 0.2) is 0 Å². The molecular weight excluding hydrogens is 237 g/mol. The van der Waals surface area contributed by atoms with Crippen LogP contribution in [0.4, 0.5) is 0 Å². The number of nitrogens with one attached hydrogen (secondary N) is 1. The quantitative estimate of drug-likeness (QED) is 0.704.